The van der Waals surface area contributed by atoms with E-state index in [2.05, 4.69) is 27.8 Å². The molecule has 1 aliphatic heterocycles. The van der Waals surface area contributed by atoms with Gasteiger partial charge in [-0.25, -0.2) is 4.79 Å². The zero-order chi connectivity index (χ0) is 17.8. The molecule has 25 heavy (non-hydrogen) atoms. The van der Waals surface area contributed by atoms with E-state index in [4.69, 9.17) is 4.74 Å². The zero-order valence-electron chi connectivity index (χ0n) is 13.3. The monoisotopic (exact) mass is 417 g/mol. The Labute approximate surface area is 158 Å². The first kappa shape index (κ1) is 17.8. The number of thioether (sulfide) groups is 1. The molecule has 1 aliphatic rings. The Balaban J connectivity index is 1.77. The first-order valence-corrected chi connectivity index (χ1v) is 9.49. The highest BCUT2D eigenvalue weighted by atomic mass is 79.9. The number of hydrogen-bond donors (Lipinski definition) is 1. The number of halogens is 1. The van der Waals surface area contributed by atoms with E-state index >= 15 is 0 Å². The number of nitrogens with one attached hydrogen (secondary N) is 1. The number of benzene rings is 2. The zero-order valence-corrected chi connectivity index (χ0v) is 15.7. The molecule has 1 heterocycles. The summed E-state index contributed by atoms with van der Waals surface area (Å²) in [6, 6.07) is 12.9. The molecule has 3 rings (SSSR count). The number of anilines is 1. The van der Waals surface area contributed by atoms with Gasteiger partial charge in [-0.05, 0) is 35.9 Å². The highest BCUT2D eigenvalue weighted by Gasteiger charge is 2.31. The average Bonchev–Trinajstić information content (AvgIpc) is 2.60. The molecular formula is C19H16BrNO3S. The van der Waals surface area contributed by atoms with Crippen LogP contribution < -0.4 is 5.32 Å². The molecule has 0 fully saturated rings. The number of hydrogen-bond acceptors (Lipinski definition) is 4. The minimum atomic E-state index is -0.841. The molecule has 0 spiro atoms. The van der Waals surface area contributed by atoms with E-state index in [0.717, 1.165) is 20.7 Å². The Bertz CT molecular complexity index is 837. The van der Waals surface area contributed by atoms with Crippen LogP contribution in [0.1, 0.15) is 15.9 Å². The summed E-state index contributed by atoms with van der Waals surface area (Å²) in [4.78, 5) is 25.7. The van der Waals surface area contributed by atoms with Crippen molar-refractivity contribution < 1.29 is 14.3 Å². The molecule has 1 amide bonds. The normalized spacial score (nSPS) is 15.9. The smallest absolute Gasteiger partial charge is 0.339 e. The average molecular weight is 418 g/mol. The maximum atomic E-state index is 12.6. The molecule has 0 aromatic heterocycles. The minimum absolute atomic E-state index is 0.328. The molecule has 0 aliphatic carbocycles. The van der Waals surface area contributed by atoms with E-state index in [9.17, 15) is 9.59 Å². The van der Waals surface area contributed by atoms with Gasteiger partial charge in [0.15, 0.2) is 6.10 Å². The molecule has 4 nitrogen and oxygen atoms in total. The van der Waals surface area contributed by atoms with Crippen LogP contribution in [0.2, 0.25) is 0 Å². The van der Waals surface area contributed by atoms with Crippen molar-refractivity contribution in [1.82, 2.24) is 0 Å². The summed E-state index contributed by atoms with van der Waals surface area (Å²) in [5.41, 5.74) is 2.02. The van der Waals surface area contributed by atoms with E-state index in [1.165, 1.54) is 0 Å². The van der Waals surface area contributed by atoms with Gasteiger partial charge < -0.3 is 10.1 Å². The third-order valence-electron chi connectivity index (χ3n) is 3.74. The molecule has 1 unspecified atom stereocenters. The predicted molar refractivity (Wildman–Crippen MR) is 103 cm³/mol. The van der Waals surface area contributed by atoms with Crippen LogP contribution in [-0.2, 0) is 16.0 Å². The number of amides is 1. The van der Waals surface area contributed by atoms with Gasteiger partial charge in [0.1, 0.15) is 0 Å². The molecular weight excluding hydrogens is 402 g/mol. The molecule has 2 aromatic carbocycles. The van der Waals surface area contributed by atoms with Crippen molar-refractivity contribution in [3.8, 4) is 0 Å². The quantitative estimate of drug-likeness (QED) is 0.443. The third kappa shape index (κ3) is 4.14. The number of para-hydroxylation sites is 1. The van der Waals surface area contributed by atoms with Crippen molar-refractivity contribution in [3.05, 3.63) is 70.7 Å². The van der Waals surface area contributed by atoms with Gasteiger partial charge in [0, 0.05) is 21.5 Å². The molecule has 1 atom stereocenters. The standard InChI is InChI=1S/C19H16BrNO3S/c1-2-9-25-17-6-4-3-5-15(17)21-18(22)16-11-12-10-13(20)7-8-14(12)19(23)24-16/h2-8,10,16H,1,9,11H2,(H,21,22). The molecule has 2 aromatic rings. The number of ether oxygens (including phenoxy) is 1. The van der Waals surface area contributed by atoms with Crippen LogP contribution in [0.3, 0.4) is 0 Å². The van der Waals surface area contributed by atoms with Crippen molar-refractivity contribution in [1.29, 1.82) is 0 Å². The summed E-state index contributed by atoms with van der Waals surface area (Å²) in [5, 5.41) is 2.87. The van der Waals surface area contributed by atoms with Crippen LogP contribution in [0.4, 0.5) is 5.69 Å². The van der Waals surface area contributed by atoms with Crippen molar-refractivity contribution >= 4 is 45.3 Å². The van der Waals surface area contributed by atoms with E-state index in [-0.39, 0.29) is 5.91 Å². The number of cyclic esters (lactones) is 1. The van der Waals surface area contributed by atoms with Crippen molar-refractivity contribution in [2.45, 2.75) is 17.4 Å². The van der Waals surface area contributed by atoms with Crippen LogP contribution in [-0.4, -0.2) is 23.7 Å². The number of rotatable bonds is 5. The van der Waals surface area contributed by atoms with Crippen LogP contribution in [0, 0.1) is 0 Å². The molecule has 1 N–H and O–H groups in total. The van der Waals surface area contributed by atoms with Gasteiger partial charge in [0.05, 0.1) is 11.3 Å². The fourth-order valence-corrected chi connectivity index (χ4v) is 3.72. The lowest BCUT2D eigenvalue weighted by Gasteiger charge is -2.24. The van der Waals surface area contributed by atoms with Crippen molar-refractivity contribution in [2.75, 3.05) is 11.1 Å². The highest BCUT2D eigenvalue weighted by Crippen LogP contribution is 2.29. The predicted octanol–water partition coefficient (Wildman–Crippen LogP) is 4.45. The summed E-state index contributed by atoms with van der Waals surface area (Å²) in [6.07, 6.45) is 1.32. The van der Waals surface area contributed by atoms with Gasteiger partial charge in [0.25, 0.3) is 5.91 Å². The summed E-state index contributed by atoms with van der Waals surface area (Å²) in [5.74, 6) is -0.0546. The van der Waals surface area contributed by atoms with Crippen LogP contribution >= 0.6 is 27.7 Å². The summed E-state index contributed by atoms with van der Waals surface area (Å²) in [7, 11) is 0. The lowest BCUT2D eigenvalue weighted by atomic mass is 9.98. The molecule has 0 saturated carbocycles. The largest absolute Gasteiger partial charge is 0.448 e. The third-order valence-corrected chi connectivity index (χ3v) is 5.30. The molecule has 6 heteroatoms. The fourth-order valence-electron chi connectivity index (χ4n) is 2.57. The van der Waals surface area contributed by atoms with Crippen molar-refractivity contribution in [2.24, 2.45) is 0 Å². The van der Waals surface area contributed by atoms with E-state index in [1.807, 2.05) is 30.3 Å². The minimum Gasteiger partial charge on any atom is -0.448 e. The van der Waals surface area contributed by atoms with Gasteiger partial charge in [-0.1, -0.05) is 34.1 Å². The van der Waals surface area contributed by atoms with E-state index in [0.29, 0.717) is 17.7 Å². The Morgan fingerprint density at radius 2 is 2.16 bits per heavy atom. The highest BCUT2D eigenvalue weighted by molar-refractivity contribution is 9.10. The van der Waals surface area contributed by atoms with E-state index < -0.39 is 12.1 Å². The lowest BCUT2D eigenvalue weighted by Crippen LogP contribution is -2.38. The topological polar surface area (TPSA) is 55.4 Å². The molecule has 0 radical (unpaired) electrons. The molecule has 128 valence electrons. The van der Waals surface area contributed by atoms with Gasteiger partial charge in [-0.3, -0.25) is 4.79 Å². The summed E-state index contributed by atoms with van der Waals surface area (Å²) >= 11 is 4.97. The second kappa shape index (κ2) is 7.89. The van der Waals surface area contributed by atoms with Gasteiger partial charge >= 0.3 is 5.97 Å². The summed E-state index contributed by atoms with van der Waals surface area (Å²) < 4.78 is 6.19. The number of carbonyl (C=O) groups excluding carboxylic acids is 2. The Hall–Kier alpha value is -2.05. The lowest BCUT2D eigenvalue weighted by molar-refractivity contribution is -0.125. The van der Waals surface area contributed by atoms with Gasteiger partial charge in [-0.2, -0.15) is 0 Å². The SMILES string of the molecule is C=CCSc1ccccc1NC(=O)C1Cc2cc(Br)ccc2C(=O)O1. The Morgan fingerprint density at radius 1 is 1.36 bits per heavy atom. The summed E-state index contributed by atoms with van der Waals surface area (Å²) in [6.45, 7) is 3.71. The second-order valence-corrected chi connectivity index (χ2v) is 7.46. The molecule has 0 bridgehead atoms. The Morgan fingerprint density at radius 3 is 2.96 bits per heavy atom. The first-order valence-electron chi connectivity index (χ1n) is 7.71. The molecule has 0 saturated heterocycles. The number of carbonyl (C=O) groups is 2. The van der Waals surface area contributed by atoms with Crippen LogP contribution in [0.5, 0.6) is 0 Å². The van der Waals surface area contributed by atoms with Crippen molar-refractivity contribution in [3.63, 3.8) is 0 Å². The van der Waals surface area contributed by atoms with Crippen LogP contribution in [0.15, 0.2) is 64.5 Å². The van der Waals surface area contributed by atoms with Crippen LogP contribution in [0.25, 0.3) is 0 Å². The second-order valence-electron chi connectivity index (χ2n) is 5.48. The van der Waals surface area contributed by atoms with E-state index in [1.54, 1.807) is 30.0 Å². The fraction of sp³-hybridized carbons (Fsp3) is 0.158. The maximum absolute atomic E-state index is 12.6. The number of fused-ring (bicyclic) bond motifs is 1. The van der Waals surface area contributed by atoms with Gasteiger partial charge in [0.2, 0.25) is 0 Å². The first-order chi connectivity index (χ1) is 12.1. The number of esters is 1. The Kier molecular flexibility index (Phi) is 5.60. The maximum Gasteiger partial charge on any atom is 0.339 e. The van der Waals surface area contributed by atoms with Gasteiger partial charge in [-0.15, -0.1) is 18.3 Å².